The number of aliphatic imine (C=N–C) groups is 1. The van der Waals surface area contributed by atoms with Crippen molar-refractivity contribution in [2.24, 2.45) is 16.8 Å². The molecule has 0 bridgehead atoms. The largest absolute Gasteiger partial charge is 0.479 e. The molecular formula is C27H42FN3O2S. The first-order chi connectivity index (χ1) is 16.3. The zero-order chi connectivity index (χ0) is 24.7. The molecule has 1 aromatic carbocycles. The first-order valence-corrected chi connectivity index (χ1v) is 14.2. The Morgan fingerprint density at radius 1 is 1.32 bits per heavy atom. The molecule has 34 heavy (non-hydrogen) atoms. The van der Waals surface area contributed by atoms with Crippen molar-refractivity contribution in [1.29, 1.82) is 0 Å². The van der Waals surface area contributed by atoms with Crippen molar-refractivity contribution < 1.29 is 14.3 Å². The zero-order valence-corrected chi connectivity index (χ0v) is 22.1. The average Bonchev–Trinajstić information content (AvgIpc) is 3.15. The number of nitrogens with zero attached hydrogens (tertiary/aromatic N) is 3. The minimum atomic E-state index is -1.03. The lowest BCUT2D eigenvalue weighted by atomic mass is 9.72. The summed E-state index contributed by atoms with van der Waals surface area (Å²) in [6, 6.07) is 7.15. The van der Waals surface area contributed by atoms with E-state index >= 15 is 0 Å². The van der Waals surface area contributed by atoms with Crippen LogP contribution < -0.4 is 0 Å². The third-order valence-electron chi connectivity index (χ3n) is 7.86. The van der Waals surface area contributed by atoms with Crippen molar-refractivity contribution in [3.05, 3.63) is 35.6 Å². The second-order valence-corrected chi connectivity index (χ2v) is 11.3. The van der Waals surface area contributed by atoms with E-state index in [-0.39, 0.29) is 17.9 Å². The molecule has 3 atom stereocenters. The number of halogens is 1. The van der Waals surface area contributed by atoms with Crippen LogP contribution in [-0.4, -0.2) is 71.4 Å². The summed E-state index contributed by atoms with van der Waals surface area (Å²) in [4.78, 5) is 21.6. The third kappa shape index (κ3) is 6.14. The number of aliphatic carboxylic acids is 1. The number of carboxylic acid groups (broad SMARTS) is 1. The van der Waals surface area contributed by atoms with Crippen LogP contribution >= 0.6 is 11.8 Å². The summed E-state index contributed by atoms with van der Waals surface area (Å²) >= 11 is 1.69. The van der Waals surface area contributed by atoms with Gasteiger partial charge in [-0.05, 0) is 87.7 Å². The lowest BCUT2D eigenvalue weighted by Crippen LogP contribution is -2.52. The molecule has 0 spiro atoms. The van der Waals surface area contributed by atoms with E-state index in [1.807, 2.05) is 18.7 Å². The number of thioether (sulfide) groups is 1. The van der Waals surface area contributed by atoms with Crippen molar-refractivity contribution in [3.63, 3.8) is 0 Å². The highest BCUT2D eigenvalue weighted by molar-refractivity contribution is 7.98. The van der Waals surface area contributed by atoms with E-state index in [9.17, 15) is 14.3 Å². The minimum Gasteiger partial charge on any atom is -0.479 e. The Morgan fingerprint density at radius 3 is 2.65 bits per heavy atom. The van der Waals surface area contributed by atoms with E-state index in [4.69, 9.17) is 0 Å². The summed E-state index contributed by atoms with van der Waals surface area (Å²) in [7, 11) is 4.16. The number of carboxylic acids is 1. The Balaban J connectivity index is 1.71. The van der Waals surface area contributed by atoms with Crippen molar-refractivity contribution in [2.75, 3.05) is 32.6 Å². The Labute approximate surface area is 209 Å². The second kappa shape index (κ2) is 12.4. The fourth-order valence-corrected chi connectivity index (χ4v) is 6.55. The van der Waals surface area contributed by atoms with Gasteiger partial charge in [0.25, 0.3) is 0 Å². The Kier molecular flexibility index (Phi) is 9.84. The summed E-state index contributed by atoms with van der Waals surface area (Å²) < 4.78 is 13.9. The number of hydrogen-bond donors (Lipinski definition) is 1. The van der Waals surface area contributed by atoms with E-state index in [2.05, 4.69) is 35.8 Å². The van der Waals surface area contributed by atoms with Crippen LogP contribution in [0.4, 0.5) is 4.39 Å². The van der Waals surface area contributed by atoms with Crippen LogP contribution in [0.25, 0.3) is 0 Å². The number of hydrogen-bond acceptors (Lipinski definition) is 5. The fraction of sp³-hybridized carbons (Fsp3) is 0.704. The van der Waals surface area contributed by atoms with E-state index < -0.39 is 11.5 Å². The lowest BCUT2D eigenvalue weighted by molar-refractivity contribution is -0.145. The van der Waals surface area contributed by atoms with Gasteiger partial charge < -0.3 is 14.9 Å². The van der Waals surface area contributed by atoms with Crippen LogP contribution in [0.2, 0.25) is 0 Å². The van der Waals surface area contributed by atoms with E-state index in [0.717, 1.165) is 62.8 Å². The molecular weight excluding hydrogens is 449 g/mol. The predicted octanol–water partition coefficient (Wildman–Crippen LogP) is 5.71. The molecule has 1 aliphatic heterocycles. The van der Waals surface area contributed by atoms with E-state index in [1.54, 1.807) is 23.9 Å². The molecule has 190 valence electrons. The molecule has 2 aliphatic rings. The Morgan fingerprint density at radius 2 is 2.06 bits per heavy atom. The van der Waals surface area contributed by atoms with Crippen molar-refractivity contribution in [3.8, 4) is 0 Å². The van der Waals surface area contributed by atoms with Crippen LogP contribution in [0.1, 0.15) is 69.9 Å². The van der Waals surface area contributed by atoms with Gasteiger partial charge in [-0.25, -0.2) is 9.18 Å². The monoisotopic (exact) mass is 491 g/mol. The molecule has 0 saturated heterocycles. The highest BCUT2D eigenvalue weighted by Gasteiger charge is 2.51. The Bertz CT molecular complexity index is 828. The van der Waals surface area contributed by atoms with Gasteiger partial charge in [-0.1, -0.05) is 38.3 Å². The predicted molar refractivity (Wildman–Crippen MR) is 140 cm³/mol. The molecule has 1 aliphatic carbocycles. The van der Waals surface area contributed by atoms with Crippen molar-refractivity contribution >= 4 is 24.1 Å². The molecule has 1 saturated carbocycles. The van der Waals surface area contributed by atoms with Gasteiger partial charge in [0, 0.05) is 12.6 Å². The van der Waals surface area contributed by atoms with Gasteiger partial charge in [0.1, 0.15) is 5.82 Å². The first-order valence-electron chi connectivity index (χ1n) is 12.8. The van der Waals surface area contributed by atoms with Gasteiger partial charge in [-0.2, -0.15) is 11.8 Å². The quantitative estimate of drug-likeness (QED) is 0.406. The average molecular weight is 492 g/mol. The summed E-state index contributed by atoms with van der Waals surface area (Å²) in [5.41, 5.74) is 0.0202. The highest BCUT2D eigenvalue weighted by atomic mass is 32.2. The standard InChI is InChI=1S/C27H42FN3O2S/c1-5-6-15-31-19-29-27(26(32)33,14-16-34-4)24(31)17-20-10-12-21(13-11-20)25(30(2)3)22-8-7-9-23(28)18-22/h7-9,18-21,24-25H,5-6,10-17H2,1-4H3,(H,32,33). The molecule has 7 heteroatoms. The number of rotatable bonds is 12. The maximum absolute atomic E-state index is 13.9. The maximum Gasteiger partial charge on any atom is 0.333 e. The topological polar surface area (TPSA) is 56.1 Å². The van der Waals surface area contributed by atoms with E-state index in [0.29, 0.717) is 18.3 Å². The molecule has 0 aromatic heterocycles. The molecule has 3 unspecified atom stereocenters. The third-order valence-corrected chi connectivity index (χ3v) is 8.47. The van der Waals surface area contributed by atoms with Gasteiger partial charge in [-0.3, -0.25) is 4.99 Å². The van der Waals surface area contributed by atoms with Gasteiger partial charge in [0.2, 0.25) is 0 Å². The summed E-state index contributed by atoms with van der Waals surface area (Å²) in [5.74, 6) is 0.809. The number of carbonyl (C=O) groups is 1. The highest BCUT2D eigenvalue weighted by Crippen LogP contribution is 2.43. The van der Waals surface area contributed by atoms with Gasteiger partial charge >= 0.3 is 5.97 Å². The molecule has 5 nitrogen and oxygen atoms in total. The van der Waals surface area contributed by atoms with Crippen LogP contribution in [-0.2, 0) is 4.79 Å². The smallest absolute Gasteiger partial charge is 0.333 e. The van der Waals surface area contributed by atoms with Gasteiger partial charge in [0.15, 0.2) is 5.54 Å². The maximum atomic E-state index is 13.9. The van der Waals surface area contributed by atoms with Crippen LogP contribution in [0, 0.1) is 17.7 Å². The second-order valence-electron chi connectivity index (χ2n) is 10.3. The molecule has 1 aromatic rings. The summed E-state index contributed by atoms with van der Waals surface area (Å²) in [6.07, 6.45) is 11.8. The van der Waals surface area contributed by atoms with Crippen molar-refractivity contribution in [1.82, 2.24) is 9.80 Å². The fourth-order valence-electron chi connectivity index (χ4n) is 6.03. The van der Waals surface area contributed by atoms with Crippen LogP contribution in [0.15, 0.2) is 29.3 Å². The molecule has 1 N–H and O–H groups in total. The van der Waals surface area contributed by atoms with E-state index in [1.165, 1.54) is 6.07 Å². The van der Waals surface area contributed by atoms with Crippen LogP contribution in [0.3, 0.4) is 0 Å². The SMILES string of the molecule is CCCCN1C=NC(CCSC)(C(=O)O)C1CC1CCC(C(c2cccc(F)c2)N(C)C)CC1. The molecule has 3 rings (SSSR count). The van der Waals surface area contributed by atoms with Crippen LogP contribution in [0.5, 0.6) is 0 Å². The summed E-state index contributed by atoms with van der Waals surface area (Å²) in [6.45, 7) is 3.04. The number of benzene rings is 1. The zero-order valence-electron chi connectivity index (χ0n) is 21.3. The molecule has 0 amide bonds. The molecule has 1 fully saturated rings. The first kappa shape index (κ1) is 27.0. The normalized spacial score (nSPS) is 27.9. The summed E-state index contributed by atoms with van der Waals surface area (Å²) in [5, 5.41) is 10.3. The molecule has 0 radical (unpaired) electrons. The lowest BCUT2D eigenvalue weighted by Gasteiger charge is -2.41. The van der Waals surface area contributed by atoms with Gasteiger partial charge in [-0.15, -0.1) is 0 Å². The minimum absolute atomic E-state index is 0.0712. The van der Waals surface area contributed by atoms with Crippen molar-refractivity contribution in [2.45, 2.75) is 75.9 Å². The number of unbranched alkanes of at least 4 members (excludes halogenated alkanes) is 1. The molecule has 1 heterocycles. The van der Waals surface area contributed by atoms with Gasteiger partial charge in [0.05, 0.1) is 12.4 Å². The Hall–Kier alpha value is -1.60.